The number of nitrogens with zero attached hydrogens (tertiary/aromatic N) is 1. The monoisotopic (exact) mass is 116 g/mol. The molecule has 1 atom stereocenters. The third-order valence-corrected chi connectivity index (χ3v) is 1.31. The van der Waals surface area contributed by atoms with Crippen LogP contribution < -0.4 is 5.43 Å². The van der Waals surface area contributed by atoms with Crippen LogP contribution in [0.5, 0.6) is 0 Å². The highest BCUT2D eigenvalue weighted by molar-refractivity contribution is 4.82. The topological polar surface area (TPSA) is 35.5 Å². The molecule has 0 spiro atoms. The van der Waals surface area contributed by atoms with Gasteiger partial charge in [-0.25, -0.2) is 5.01 Å². The van der Waals surface area contributed by atoms with Gasteiger partial charge < -0.3 is 5.11 Å². The largest absolute Gasteiger partial charge is 0.387 e. The maximum atomic E-state index is 9.26. The van der Waals surface area contributed by atoms with Crippen LogP contribution in [0.25, 0.3) is 0 Å². The minimum Gasteiger partial charge on any atom is -0.387 e. The molecule has 1 aliphatic rings. The molecule has 3 heteroatoms. The SMILES string of the molecule is CN1CC(C)(O)CN1. The first-order valence-corrected chi connectivity index (χ1v) is 2.77. The van der Waals surface area contributed by atoms with E-state index in [9.17, 15) is 5.11 Å². The van der Waals surface area contributed by atoms with Gasteiger partial charge in [-0.15, -0.1) is 0 Å². The maximum Gasteiger partial charge on any atom is 0.0897 e. The van der Waals surface area contributed by atoms with Crippen LogP contribution in [-0.4, -0.2) is 35.9 Å². The third kappa shape index (κ3) is 1.18. The van der Waals surface area contributed by atoms with E-state index in [4.69, 9.17) is 0 Å². The molecule has 8 heavy (non-hydrogen) atoms. The zero-order chi connectivity index (χ0) is 6.20. The molecule has 0 aromatic rings. The van der Waals surface area contributed by atoms with Crippen molar-refractivity contribution in [3.8, 4) is 0 Å². The second-order valence-corrected chi connectivity index (χ2v) is 2.69. The number of hydrogen-bond donors (Lipinski definition) is 2. The van der Waals surface area contributed by atoms with Gasteiger partial charge in [0.15, 0.2) is 0 Å². The Labute approximate surface area is 49.3 Å². The normalized spacial score (nSPS) is 40.9. The Morgan fingerprint density at radius 3 is 2.50 bits per heavy atom. The number of β-amino-alcohol motifs (C(OH)–C–C–N with tert-alkyl or cyclic N) is 1. The van der Waals surface area contributed by atoms with Crippen molar-refractivity contribution in [3.05, 3.63) is 0 Å². The van der Waals surface area contributed by atoms with Gasteiger partial charge in [0.25, 0.3) is 0 Å². The Morgan fingerprint density at radius 2 is 2.38 bits per heavy atom. The molecule has 2 N–H and O–H groups in total. The highest BCUT2D eigenvalue weighted by Gasteiger charge is 2.28. The Hall–Kier alpha value is -0.120. The van der Waals surface area contributed by atoms with Gasteiger partial charge >= 0.3 is 0 Å². The van der Waals surface area contributed by atoms with Crippen LogP contribution in [0.2, 0.25) is 0 Å². The van der Waals surface area contributed by atoms with E-state index in [1.807, 2.05) is 19.0 Å². The average molecular weight is 116 g/mol. The Morgan fingerprint density at radius 1 is 1.75 bits per heavy atom. The second kappa shape index (κ2) is 1.69. The van der Waals surface area contributed by atoms with Gasteiger partial charge in [0.2, 0.25) is 0 Å². The van der Waals surface area contributed by atoms with Gasteiger partial charge in [-0.1, -0.05) is 0 Å². The summed E-state index contributed by atoms with van der Waals surface area (Å²) in [7, 11) is 1.92. The molecule has 0 saturated carbocycles. The lowest BCUT2D eigenvalue weighted by Crippen LogP contribution is -2.29. The fourth-order valence-electron chi connectivity index (χ4n) is 0.928. The average Bonchev–Trinajstić information content (AvgIpc) is 1.82. The molecule has 48 valence electrons. The molecule has 1 saturated heterocycles. The van der Waals surface area contributed by atoms with Gasteiger partial charge in [-0.2, -0.15) is 0 Å². The summed E-state index contributed by atoms with van der Waals surface area (Å²) in [5.74, 6) is 0. The molecular formula is C5H12N2O. The van der Waals surface area contributed by atoms with Gasteiger partial charge in [0.05, 0.1) is 5.60 Å². The summed E-state index contributed by atoms with van der Waals surface area (Å²) in [5.41, 5.74) is 2.47. The molecule has 0 aliphatic carbocycles. The number of rotatable bonds is 0. The lowest BCUT2D eigenvalue weighted by molar-refractivity contribution is 0.0832. The van der Waals surface area contributed by atoms with Crippen LogP contribution in [0.4, 0.5) is 0 Å². The van der Waals surface area contributed by atoms with Gasteiger partial charge in [-0.05, 0) is 6.92 Å². The summed E-state index contributed by atoms with van der Waals surface area (Å²) in [4.78, 5) is 0. The molecule has 3 nitrogen and oxygen atoms in total. The van der Waals surface area contributed by atoms with E-state index in [1.165, 1.54) is 0 Å². The van der Waals surface area contributed by atoms with E-state index in [-0.39, 0.29) is 0 Å². The van der Waals surface area contributed by atoms with Crippen LogP contribution in [-0.2, 0) is 0 Å². The Balaban J connectivity index is 2.44. The van der Waals surface area contributed by atoms with Crippen LogP contribution in [0, 0.1) is 0 Å². The summed E-state index contributed by atoms with van der Waals surface area (Å²) < 4.78 is 0. The minimum atomic E-state index is -0.519. The predicted molar refractivity (Wildman–Crippen MR) is 31.3 cm³/mol. The minimum absolute atomic E-state index is 0.519. The van der Waals surface area contributed by atoms with E-state index in [1.54, 1.807) is 0 Å². The van der Waals surface area contributed by atoms with Crippen molar-refractivity contribution in [3.63, 3.8) is 0 Å². The Kier molecular flexibility index (Phi) is 1.27. The molecule has 1 unspecified atom stereocenters. The first-order valence-electron chi connectivity index (χ1n) is 2.77. The summed E-state index contributed by atoms with van der Waals surface area (Å²) in [5, 5.41) is 11.1. The number of hydrogen-bond acceptors (Lipinski definition) is 3. The molecule has 0 bridgehead atoms. The number of nitrogens with one attached hydrogen (secondary N) is 1. The maximum absolute atomic E-state index is 9.26. The Bertz CT molecular complexity index is 92.4. The van der Waals surface area contributed by atoms with Gasteiger partial charge in [0, 0.05) is 20.1 Å². The van der Waals surface area contributed by atoms with Crippen LogP contribution in [0.3, 0.4) is 0 Å². The molecule has 1 heterocycles. The van der Waals surface area contributed by atoms with E-state index >= 15 is 0 Å². The van der Waals surface area contributed by atoms with E-state index in [0.29, 0.717) is 13.1 Å². The fraction of sp³-hybridized carbons (Fsp3) is 1.00. The smallest absolute Gasteiger partial charge is 0.0897 e. The van der Waals surface area contributed by atoms with Crippen LogP contribution in [0.1, 0.15) is 6.92 Å². The molecule has 1 aliphatic heterocycles. The molecule has 0 aromatic heterocycles. The third-order valence-electron chi connectivity index (χ3n) is 1.31. The molecule has 1 rings (SSSR count). The first-order chi connectivity index (χ1) is 3.60. The molecule has 0 aromatic carbocycles. The molecule has 0 amide bonds. The summed E-state index contributed by atoms with van der Waals surface area (Å²) in [6, 6.07) is 0. The number of likely N-dealkylation sites (N-methyl/N-ethyl adjacent to an activating group) is 1. The zero-order valence-corrected chi connectivity index (χ0v) is 5.31. The fourth-order valence-corrected chi connectivity index (χ4v) is 0.928. The van der Waals surface area contributed by atoms with Crippen LogP contribution in [0.15, 0.2) is 0 Å². The summed E-state index contributed by atoms with van der Waals surface area (Å²) >= 11 is 0. The van der Waals surface area contributed by atoms with Crippen molar-refractivity contribution in [1.29, 1.82) is 0 Å². The molecule has 1 fully saturated rings. The number of aliphatic hydroxyl groups is 1. The van der Waals surface area contributed by atoms with Crippen molar-refractivity contribution in [1.82, 2.24) is 10.4 Å². The van der Waals surface area contributed by atoms with Crippen molar-refractivity contribution >= 4 is 0 Å². The lowest BCUT2D eigenvalue weighted by Gasteiger charge is -2.12. The highest BCUT2D eigenvalue weighted by atomic mass is 16.3. The number of hydrazine groups is 1. The van der Waals surface area contributed by atoms with Crippen LogP contribution >= 0.6 is 0 Å². The van der Waals surface area contributed by atoms with Crippen molar-refractivity contribution in [2.75, 3.05) is 20.1 Å². The summed E-state index contributed by atoms with van der Waals surface area (Å²) in [6.07, 6.45) is 0. The first kappa shape index (κ1) is 6.01. The van der Waals surface area contributed by atoms with Crippen molar-refractivity contribution in [2.24, 2.45) is 0 Å². The predicted octanol–water partition coefficient (Wildman–Crippen LogP) is -0.813. The second-order valence-electron chi connectivity index (χ2n) is 2.69. The van der Waals surface area contributed by atoms with E-state index in [2.05, 4.69) is 5.43 Å². The quantitative estimate of drug-likeness (QED) is 0.434. The lowest BCUT2D eigenvalue weighted by atomic mass is 10.1. The van der Waals surface area contributed by atoms with Gasteiger partial charge in [0.1, 0.15) is 0 Å². The van der Waals surface area contributed by atoms with Gasteiger partial charge in [-0.3, -0.25) is 5.43 Å². The highest BCUT2D eigenvalue weighted by Crippen LogP contribution is 2.07. The molecule has 0 radical (unpaired) electrons. The van der Waals surface area contributed by atoms with Crippen molar-refractivity contribution in [2.45, 2.75) is 12.5 Å². The van der Waals surface area contributed by atoms with E-state index in [0.717, 1.165) is 0 Å². The molecular weight excluding hydrogens is 104 g/mol. The standard InChI is InChI=1S/C5H12N2O/c1-5(8)3-6-7(2)4-5/h6,8H,3-4H2,1-2H3. The van der Waals surface area contributed by atoms with Crippen molar-refractivity contribution < 1.29 is 5.11 Å². The van der Waals surface area contributed by atoms with E-state index < -0.39 is 5.60 Å². The zero-order valence-electron chi connectivity index (χ0n) is 5.31. The summed E-state index contributed by atoms with van der Waals surface area (Å²) in [6.45, 7) is 3.21.